The molecule has 0 aromatic heterocycles. The second-order valence-electron chi connectivity index (χ2n) is 4.85. The molecule has 0 heterocycles. The van der Waals surface area contributed by atoms with Crippen LogP contribution in [-0.2, 0) is 4.79 Å². The Kier molecular flexibility index (Phi) is 4.90. The number of carbonyl (C=O) groups is 1. The van der Waals surface area contributed by atoms with Gasteiger partial charge in [-0.05, 0) is 31.0 Å². The number of ether oxygens (including phenoxy) is 2. The molecule has 6 nitrogen and oxygen atoms in total. The normalized spacial score (nSPS) is 10.2. The molecular formula is C16H14FNO5. The van der Waals surface area contributed by atoms with Gasteiger partial charge < -0.3 is 9.47 Å². The van der Waals surface area contributed by atoms with Gasteiger partial charge in [0.15, 0.2) is 6.61 Å². The Bertz CT molecular complexity index is 740. The Morgan fingerprint density at radius 3 is 2.48 bits per heavy atom. The predicted octanol–water partition coefficient (Wildman–Crippen LogP) is 3.34. The van der Waals surface area contributed by atoms with Crippen LogP contribution in [0.15, 0.2) is 36.4 Å². The summed E-state index contributed by atoms with van der Waals surface area (Å²) in [6.07, 6.45) is 0. The first-order chi connectivity index (χ1) is 10.9. The van der Waals surface area contributed by atoms with Gasteiger partial charge in [0.1, 0.15) is 11.6 Å². The smallest absolute Gasteiger partial charge is 0.349 e. The second-order valence-corrected chi connectivity index (χ2v) is 4.85. The highest BCUT2D eigenvalue weighted by molar-refractivity contribution is 5.75. The minimum absolute atomic E-state index is 0.445. The monoisotopic (exact) mass is 319 g/mol. The van der Waals surface area contributed by atoms with Crippen molar-refractivity contribution in [1.29, 1.82) is 0 Å². The lowest BCUT2D eigenvalue weighted by molar-refractivity contribution is -0.385. The van der Waals surface area contributed by atoms with Gasteiger partial charge in [0.25, 0.3) is 0 Å². The number of aryl methyl sites for hydroxylation is 2. The molecule has 120 valence electrons. The van der Waals surface area contributed by atoms with Gasteiger partial charge in [-0.15, -0.1) is 0 Å². The minimum Gasteiger partial charge on any atom is -0.481 e. The lowest BCUT2D eigenvalue weighted by Crippen LogP contribution is -2.19. The van der Waals surface area contributed by atoms with Crippen molar-refractivity contribution < 1.29 is 23.6 Å². The van der Waals surface area contributed by atoms with Gasteiger partial charge in [0, 0.05) is 12.1 Å². The largest absolute Gasteiger partial charge is 0.481 e. The van der Waals surface area contributed by atoms with Gasteiger partial charge in [-0.3, -0.25) is 10.1 Å². The number of halogens is 1. The van der Waals surface area contributed by atoms with Crippen LogP contribution in [0.2, 0.25) is 0 Å². The molecule has 2 aromatic carbocycles. The molecule has 0 saturated carbocycles. The third kappa shape index (κ3) is 4.03. The molecule has 2 aromatic rings. The fourth-order valence-electron chi connectivity index (χ4n) is 2.03. The zero-order valence-corrected chi connectivity index (χ0v) is 12.5. The number of para-hydroxylation sites is 1. The first kappa shape index (κ1) is 16.4. The molecule has 0 bridgehead atoms. The Labute approximate surface area is 131 Å². The Morgan fingerprint density at radius 1 is 1.22 bits per heavy atom. The number of hydrogen-bond acceptors (Lipinski definition) is 5. The zero-order valence-electron chi connectivity index (χ0n) is 12.5. The number of hydrogen-bond donors (Lipinski definition) is 0. The quantitative estimate of drug-likeness (QED) is 0.365. The van der Waals surface area contributed by atoms with Crippen LogP contribution in [0.3, 0.4) is 0 Å². The van der Waals surface area contributed by atoms with Crippen LogP contribution in [-0.4, -0.2) is 17.5 Å². The van der Waals surface area contributed by atoms with Crippen LogP contribution >= 0.6 is 0 Å². The highest BCUT2D eigenvalue weighted by Crippen LogP contribution is 2.28. The summed E-state index contributed by atoms with van der Waals surface area (Å²) >= 11 is 0. The van der Waals surface area contributed by atoms with E-state index in [1.165, 1.54) is 0 Å². The molecule has 23 heavy (non-hydrogen) atoms. The molecule has 0 saturated heterocycles. The number of esters is 1. The average molecular weight is 319 g/mol. The fourth-order valence-corrected chi connectivity index (χ4v) is 2.03. The lowest BCUT2D eigenvalue weighted by Gasteiger charge is -2.11. The molecule has 0 amide bonds. The third-order valence-corrected chi connectivity index (χ3v) is 3.09. The molecule has 0 unspecified atom stereocenters. The highest BCUT2D eigenvalue weighted by atomic mass is 19.1. The van der Waals surface area contributed by atoms with E-state index in [1.807, 2.05) is 32.0 Å². The van der Waals surface area contributed by atoms with Crippen molar-refractivity contribution >= 4 is 11.7 Å². The number of benzene rings is 2. The Morgan fingerprint density at radius 2 is 1.87 bits per heavy atom. The van der Waals surface area contributed by atoms with E-state index in [2.05, 4.69) is 0 Å². The minimum atomic E-state index is -0.860. The summed E-state index contributed by atoms with van der Waals surface area (Å²) in [5, 5.41) is 10.8. The van der Waals surface area contributed by atoms with Crippen molar-refractivity contribution in [2.75, 3.05) is 6.61 Å². The SMILES string of the molecule is Cc1cccc(C)c1OCC(=O)Oc1cc(F)ccc1[N+](=O)[O-]. The molecule has 0 spiro atoms. The first-order valence-corrected chi connectivity index (χ1v) is 6.72. The van der Waals surface area contributed by atoms with Crippen molar-refractivity contribution in [3.63, 3.8) is 0 Å². The molecule has 0 N–H and O–H groups in total. The van der Waals surface area contributed by atoms with Crippen LogP contribution in [0, 0.1) is 29.8 Å². The Balaban J connectivity index is 2.09. The molecule has 0 fully saturated rings. The Hall–Kier alpha value is -2.96. The van der Waals surface area contributed by atoms with E-state index in [1.54, 1.807) is 0 Å². The van der Waals surface area contributed by atoms with E-state index in [-0.39, 0.29) is 0 Å². The topological polar surface area (TPSA) is 78.7 Å². The molecule has 0 radical (unpaired) electrons. The number of nitro benzene ring substituents is 1. The van der Waals surface area contributed by atoms with Crippen LogP contribution in [0.25, 0.3) is 0 Å². The van der Waals surface area contributed by atoms with Crippen LogP contribution < -0.4 is 9.47 Å². The van der Waals surface area contributed by atoms with Gasteiger partial charge in [0.2, 0.25) is 5.75 Å². The average Bonchev–Trinajstić information content (AvgIpc) is 2.46. The summed E-state index contributed by atoms with van der Waals surface area (Å²) in [7, 11) is 0. The third-order valence-electron chi connectivity index (χ3n) is 3.09. The van der Waals surface area contributed by atoms with E-state index in [0.717, 1.165) is 29.3 Å². The van der Waals surface area contributed by atoms with Crippen molar-refractivity contribution in [2.45, 2.75) is 13.8 Å². The summed E-state index contributed by atoms with van der Waals surface area (Å²) in [5.41, 5.74) is 1.19. The summed E-state index contributed by atoms with van der Waals surface area (Å²) in [4.78, 5) is 21.9. The van der Waals surface area contributed by atoms with E-state index in [4.69, 9.17) is 9.47 Å². The van der Waals surface area contributed by atoms with Gasteiger partial charge in [-0.1, -0.05) is 18.2 Å². The molecule has 0 aliphatic heterocycles. The molecule has 2 rings (SSSR count). The molecule has 7 heteroatoms. The molecule has 0 atom stereocenters. The van der Waals surface area contributed by atoms with E-state index in [9.17, 15) is 19.3 Å². The van der Waals surface area contributed by atoms with Crippen molar-refractivity contribution in [3.05, 3.63) is 63.5 Å². The van der Waals surface area contributed by atoms with Gasteiger partial charge >= 0.3 is 11.7 Å². The van der Waals surface area contributed by atoms with Crippen LogP contribution in [0.1, 0.15) is 11.1 Å². The molecule has 0 aliphatic carbocycles. The fraction of sp³-hybridized carbons (Fsp3) is 0.188. The van der Waals surface area contributed by atoms with Crippen LogP contribution in [0.5, 0.6) is 11.5 Å². The van der Waals surface area contributed by atoms with Crippen LogP contribution in [0.4, 0.5) is 10.1 Å². The van der Waals surface area contributed by atoms with E-state index in [0.29, 0.717) is 5.75 Å². The maximum atomic E-state index is 13.2. The number of nitrogens with zero attached hydrogens (tertiary/aromatic N) is 1. The summed E-state index contributed by atoms with van der Waals surface area (Å²) in [5.74, 6) is -1.52. The highest BCUT2D eigenvalue weighted by Gasteiger charge is 2.19. The maximum Gasteiger partial charge on any atom is 0.349 e. The summed E-state index contributed by atoms with van der Waals surface area (Å²) in [6.45, 7) is 3.20. The van der Waals surface area contributed by atoms with E-state index >= 15 is 0 Å². The first-order valence-electron chi connectivity index (χ1n) is 6.72. The summed E-state index contributed by atoms with van der Waals surface area (Å²) in [6, 6.07) is 8.14. The standard InChI is InChI=1S/C16H14FNO5/c1-10-4-3-5-11(2)16(10)22-9-15(19)23-14-8-12(17)6-7-13(14)18(20)21/h3-8H,9H2,1-2H3. The van der Waals surface area contributed by atoms with Gasteiger partial charge in [-0.25, -0.2) is 9.18 Å². The summed E-state index contributed by atoms with van der Waals surface area (Å²) < 4.78 is 23.4. The zero-order chi connectivity index (χ0) is 17.0. The number of carbonyl (C=O) groups excluding carboxylic acids is 1. The van der Waals surface area contributed by atoms with E-state index < -0.39 is 34.8 Å². The maximum absolute atomic E-state index is 13.2. The lowest BCUT2D eigenvalue weighted by atomic mass is 10.1. The van der Waals surface area contributed by atoms with Gasteiger partial charge in [0.05, 0.1) is 4.92 Å². The predicted molar refractivity (Wildman–Crippen MR) is 80.1 cm³/mol. The van der Waals surface area contributed by atoms with Crippen molar-refractivity contribution in [1.82, 2.24) is 0 Å². The second kappa shape index (κ2) is 6.87. The molecule has 0 aliphatic rings. The number of rotatable bonds is 5. The molecular weight excluding hydrogens is 305 g/mol. The number of nitro groups is 1. The van der Waals surface area contributed by atoms with Gasteiger partial charge in [-0.2, -0.15) is 0 Å². The van der Waals surface area contributed by atoms with Crippen molar-refractivity contribution in [3.8, 4) is 11.5 Å². The van der Waals surface area contributed by atoms with Crippen molar-refractivity contribution in [2.24, 2.45) is 0 Å².